The number of hydrogen-bond donors (Lipinski definition) is 1. The fourth-order valence-corrected chi connectivity index (χ4v) is 2.34. The maximum absolute atomic E-state index is 14.0. The third-order valence-electron chi connectivity index (χ3n) is 3.78. The van der Waals surface area contributed by atoms with Gasteiger partial charge in [-0.3, -0.25) is 0 Å². The van der Waals surface area contributed by atoms with Gasteiger partial charge in [0.2, 0.25) is 0 Å². The minimum Gasteiger partial charge on any atom is -0.323 e. The van der Waals surface area contributed by atoms with E-state index < -0.39 is 0 Å². The van der Waals surface area contributed by atoms with Crippen LogP contribution in [0.1, 0.15) is 36.6 Å². The van der Waals surface area contributed by atoms with Gasteiger partial charge in [-0.05, 0) is 18.6 Å². The molecule has 19 heavy (non-hydrogen) atoms. The molecule has 0 amide bonds. The third-order valence-corrected chi connectivity index (χ3v) is 3.78. The van der Waals surface area contributed by atoms with Gasteiger partial charge in [-0.1, -0.05) is 61.9 Å². The molecule has 2 aromatic carbocycles. The zero-order chi connectivity index (χ0) is 14.0. The molecule has 0 aromatic heterocycles. The van der Waals surface area contributed by atoms with E-state index in [0.717, 1.165) is 11.1 Å². The maximum Gasteiger partial charge on any atom is 0.128 e. The highest BCUT2D eigenvalue weighted by molar-refractivity contribution is 5.34. The summed E-state index contributed by atoms with van der Waals surface area (Å²) in [7, 11) is 0. The van der Waals surface area contributed by atoms with Crippen molar-refractivity contribution in [1.29, 1.82) is 0 Å². The molecule has 0 fully saturated rings. The van der Waals surface area contributed by atoms with Crippen molar-refractivity contribution < 1.29 is 4.39 Å². The molecular weight excluding hydrogens is 237 g/mol. The number of aryl methyl sites for hydroxylation is 1. The summed E-state index contributed by atoms with van der Waals surface area (Å²) in [5.41, 5.74) is 8.73. The Kier molecular flexibility index (Phi) is 3.72. The van der Waals surface area contributed by atoms with Crippen molar-refractivity contribution in [2.75, 3.05) is 0 Å². The lowest BCUT2D eigenvalue weighted by molar-refractivity contribution is 0.406. The average molecular weight is 257 g/mol. The highest BCUT2D eigenvalue weighted by Gasteiger charge is 2.31. The maximum atomic E-state index is 14.0. The van der Waals surface area contributed by atoms with E-state index in [2.05, 4.69) is 13.8 Å². The molecule has 2 aromatic rings. The van der Waals surface area contributed by atoms with E-state index in [-0.39, 0.29) is 17.3 Å². The van der Waals surface area contributed by atoms with Gasteiger partial charge in [-0.2, -0.15) is 0 Å². The van der Waals surface area contributed by atoms with Gasteiger partial charge in [0.05, 0.1) is 0 Å². The molecule has 0 heterocycles. The first kappa shape index (κ1) is 13.8. The lowest BCUT2D eigenvalue weighted by Gasteiger charge is -2.33. The van der Waals surface area contributed by atoms with Gasteiger partial charge in [0.25, 0.3) is 0 Å². The molecule has 1 unspecified atom stereocenters. The SMILES string of the molecule is Cc1ccc(F)c(C(N)C(C)(C)c2ccccc2)c1. The first-order chi connectivity index (χ1) is 8.93. The van der Waals surface area contributed by atoms with Crippen LogP contribution in [0.4, 0.5) is 4.39 Å². The van der Waals surface area contributed by atoms with Crippen molar-refractivity contribution >= 4 is 0 Å². The van der Waals surface area contributed by atoms with Crippen molar-refractivity contribution in [2.45, 2.75) is 32.2 Å². The summed E-state index contributed by atoms with van der Waals surface area (Å²) in [6.45, 7) is 6.05. The standard InChI is InChI=1S/C17H20FN/c1-12-9-10-15(18)14(11-12)16(19)17(2,3)13-7-5-4-6-8-13/h4-11,16H,19H2,1-3H3. The minimum absolute atomic E-state index is 0.234. The van der Waals surface area contributed by atoms with Gasteiger partial charge in [-0.15, -0.1) is 0 Å². The highest BCUT2D eigenvalue weighted by Crippen LogP contribution is 2.36. The van der Waals surface area contributed by atoms with Crippen LogP contribution in [0.15, 0.2) is 48.5 Å². The van der Waals surface area contributed by atoms with Crippen LogP contribution >= 0.6 is 0 Å². The van der Waals surface area contributed by atoms with Crippen LogP contribution in [0, 0.1) is 12.7 Å². The Morgan fingerprint density at radius 2 is 1.68 bits per heavy atom. The van der Waals surface area contributed by atoms with Crippen LogP contribution < -0.4 is 5.73 Å². The number of benzene rings is 2. The van der Waals surface area contributed by atoms with Gasteiger partial charge in [0.15, 0.2) is 0 Å². The van der Waals surface area contributed by atoms with Crippen molar-refractivity contribution in [1.82, 2.24) is 0 Å². The molecule has 0 aliphatic carbocycles. The van der Waals surface area contributed by atoms with Gasteiger partial charge >= 0.3 is 0 Å². The van der Waals surface area contributed by atoms with Gasteiger partial charge < -0.3 is 5.73 Å². The first-order valence-electron chi connectivity index (χ1n) is 6.50. The van der Waals surface area contributed by atoms with Gasteiger partial charge in [0, 0.05) is 17.0 Å². The van der Waals surface area contributed by atoms with E-state index in [9.17, 15) is 4.39 Å². The molecule has 0 aliphatic rings. The third kappa shape index (κ3) is 2.69. The van der Waals surface area contributed by atoms with E-state index in [1.54, 1.807) is 6.07 Å². The predicted octanol–water partition coefficient (Wildman–Crippen LogP) is 4.11. The van der Waals surface area contributed by atoms with Crippen molar-refractivity contribution in [2.24, 2.45) is 5.73 Å². The molecule has 1 nitrogen and oxygen atoms in total. The molecule has 100 valence electrons. The molecule has 0 aliphatic heterocycles. The smallest absolute Gasteiger partial charge is 0.128 e. The van der Waals surface area contributed by atoms with Crippen LogP contribution in [0.5, 0.6) is 0 Å². The largest absolute Gasteiger partial charge is 0.323 e. The van der Waals surface area contributed by atoms with E-state index in [4.69, 9.17) is 5.73 Å². The second-order valence-corrected chi connectivity index (χ2v) is 5.59. The van der Waals surface area contributed by atoms with E-state index in [1.165, 1.54) is 6.07 Å². The molecule has 2 rings (SSSR count). The summed E-state index contributed by atoms with van der Waals surface area (Å²) in [4.78, 5) is 0. The quantitative estimate of drug-likeness (QED) is 0.879. The molecule has 0 saturated carbocycles. The number of halogens is 1. The molecule has 0 spiro atoms. The molecule has 1 atom stereocenters. The first-order valence-corrected chi connectivity index (χ1v) is 6.50. The molecule has 2 N–H and O–H groups in total. The summed E-state index contributed by atoms with van der Waals surface area (Å²) in [5.74, 6) is -0.234. The zero-order valence-electron chi connectivity index (χ0n) is 11.7. The number of nitrogens with two attached hydrogens (primary N) is 1. The second kappa shape index (κ2) is 5.14. The van der Waals surface area contributed by atoms with Crippen LogP contribution in [-0.4, -0.2) is 0 Å². The van der Waals surface area contributed by atoms with Crippen molar-refractivity contribution in [3.05, 3.63) is 71.0 Å². The Bertz CT molecular complexity index is 561. The molecule has 0 saturated heterocycles. The Balaban J connectivity index is 2.43. The average Bonchev–Trinajstić information content (AvgIpc) is 2.41. The summed E-state index contributed by atoms with van der Waals surface area (Å²) in [6, 6.07) is 14.7. The monoisotopic (exact) mass is 257 g/mol. The number of hydrogen-bond acceptors (Lipinski definition) is 1. The topological polar surface area (TPSA) is 26.0 Å². The van der Waals surface area contributed by atoms with Crippen LogP contribution in [0.25, 0.3) is 0 Å². The Labute approximate surface area is 114 Å². The van der Waals surface area contributed by atoms with Gasteiger partial charge in [0.1, 0.15) is 5.82 Å². The van der Waals surface area contributed by atoms with E-state index in [0.29, 0.717) is 5.56 Å². The molecule has 0 radical (unpaired) electrons. The van der Waals surface area contributed by atoms with Crippen LogP contribution in [-0.2, 0) is 5.41 Å². The normalized spacial score (nSPS) is 13.3. The van der Waals surface area contributed by atoms with Crippen LogP contribution in [0.3, 0.4) is 0 Å². The van der Waals surface area contributed by atoms with Crippen molar-refractivity contribution in [3.63, 3.8) is 0 Å². The highest BCUT2D eigenvalue weighted by atomic mass is 19.1. The second-order valence-electron chi connectivity index (χ2n) is 5.59. The summed E-state index contributed by atoms with van der Waals surface area (Å²) in [6.07, 6.45) is 0. The van der Waals surface area contributed by atoms with Gasteiger partial charge in [-0.25, -0.2) is 4.39 Å². The molecular formula is C17H20FN. The zero-order valence-corrected chi connectivity index (χ0v) is 11.7. The van der Waals surface area contributed by atoms with E-state index in [1.807, 2.05) is 43.3 Å². The summed E-state index contributed by atoms with van der Waals surface area (Å²) < 4.78 is 14.0. The van der Waals surface area contributed by atoms with E-state index >= 15 is 0 Å². The lowest BCUT2D eigenvalue weighted by Crippen LogP contribution is -2.33. The predicted molar refractivity (Wildman–Crippen MR) is 77.5 cm³/mol. The fraction of sp³-hybridized carbons (Fsp3) is 0.294. The minimum atomic E-state index is -0.380. The molecule has 2 heteroatoms. The Morgan fingerprint density at radius 1 is 1.05 bits per heavy atom. The van der Waals surface area contributed by atoms with Crippen LogP contribution in [0.2, 0.25) is 0 Å². The molecule has 0 bridgehead atoms. The Hall–Kier alpha value is -1.67. The lowest BCUT2D eigenvalue weighted by atomic mass is 9.75. The number of rotatable bonds is 3. The summed E-state index contributed by atoms with van der Waals surface area (Å²) >= 11 is 0. The fourth-order valence-electron chi connectivity index (χ4n) is 2.34. The van der Waals surface area contributed by atoms with Crippen molar-refractivity contribution in [3.8, 4) is 0 Å². The summed E-state index contributed by atoms with van der Waals surface area (Å²) in [5, 5.41) is 0. The Morgan fingerprint density at radius 3 is 2.32 bits per heavy atom.